The van der Waals surface area contributed by atoms with Gasteiger partial charge in [-0.25, -0.2) is 0 Å². The van der Waals surface area contributed by atoms with Crippen LogP contribution >= 0.6 is 11.6 Å². The number of carbonyl (C=O) groups is 1. The molecular weight excluding hydrogens is 260 g/mol. The SMILES string of the molecule is N#CCNc1ccc(Cl)cc1C(=O)c1ccccc1. The van der Waals surface area contributed by atoms with E-state index in [1.165, 1.54) is 0 Å². The predicted octanol–water partition coefficient (Wildman–Crippen LogP) is 3.51. The minimum absolute atomic E-state index is 0.122. The van der Waals surface area contributed by atoms with Crippen molar-refractivity contribution in [2.45, 2.75) is 0 Å². The minimum atomic E-state index is -0.122. The number of halogens is 1. The second-order valence-corrected chi connectivity index (χ2v) is 4.33. The van der Waals surface area contributed by atoms with Gasteiger partial charge in [-0.1, -0.05) is 41.9 Å². The summed E-state index contributed by atoms with van der Waals surface area (Å²) in [6.45, 7) is 0.136. The molecule has 0 atom stereocenters. The highest BCUT2D eigenvalue weighted by atomic mass is 35.5. The van der Waals surface area contributed by atoms with Crippen LogP contribution < -0.4 is 5.32 Å². The molecule has 94 valence electrons. The number of nitriles is 1. The number of carbonyl (C=O) groups excluding carboxylic acids is 1. The van der Waals surface area contributed by atoms with E-state index < -0.39 is 0 Å². The Morgan fingerprint density at radius 2 is 1.95 bits per heavy atom. The maximum Gasteiger partial charge on any atom is 0.195 e. The molecule has 2 aromatic rings. The number of rotatable bonds is 4. The Balaban J connectivity index is 2.40. The summed E-state index contributed by atoms with van der Waals surface area (Å²) >= 11 is 5.94. The molecule has 1 N–H and O–H groups in total. The fourth-order valence-electron chi connectivity index (χ4n) is 1.74. The van der Waals surface area contributed by atoms with Crippen molar-refractivity contribution < 1.29 is 4.79 Å². The van der Waals surface area contributed by atoms with Gasteiger partial charge in [-0.2, -0.15) is 5.26 Å². The van der Waals surface area contributed by atoms with Crippen LogP contribution in [0, 0.1) is 11.3 Å². The van der Waals surface area contributed by atoms with Gasteiger partial charge in [0.2, 0.25) is 0 Å². The number of benzene rings is 2. The van der Waals surface area contributed by atoms with Crippen molar-refractivity contribution >= 4 is 23.1 Å². The number of ketones is 1. The van der Waals surface area contributed by atoms with Crippen LogP contribution in [0.25, 0.3) is 0 Å². The Morgan fingerprint density at radius 3 is 2.63 bits per heavy atom. The van der Waals surface area contributed by atoms with E-state index in [0.29, 0.717) is 21.8 Å². The van der Waals surface area contributed by atoms with Crippen molar-refractivity contribution in [3.8, 4) is 6.07 Å². The van der Waals surface area contributed by atoms with Gasteiger partial charge < -0.3 is 5.32 Å². The predicted molar refractivity (Wildman–Crippen MR) is 75.4 cm³/mol. The van der Waals surface area contributed by atoms with Crippen LogP contribution in [0.3, 0.4) is 0 Å². The number of hydrogen-bond donors (Lipinski definition) is 1. The van der Waals surface area contributed by atoms with Crippen LogP contribution in [0.2, 0.25) is 5.02 Å². The average molecular weight is 271 g/mol. The number of anilines is 1. The van der Waals surface area contributed by atoms with Gasteiger partial charge in [0.05, 0.1) is 6.07 Å². The lowest BCUT2D eigenvalue weighted by atomic mass is 10.0. The zero-order valence-electron chi connectivity index (χ0n) is 10.1. The van der Waals surface area contributed by atoms with Gasteiger partial charge in [0.25, 0.3) is 0 Å². The summed E-state index contributed by atoms with van der Waals surface area (Å²) in [6, 6.07) is 15.9. The molecule has 2 rings (SSSR count). The fourth-order valence-corrected chi connectivity index (χ4v) is 1.91. The van der Waals surface area contributed by atoms with E-state index in [1.54, 1.807) is 42.5 Å². The first-order valence-electron chi connectivity index (χ1n) is 5.72. The van der Waals surface area contributed by atoms with Crippen molar-refractivity contribution in [2.24, 2.45) is 0 Å². The molecule has 19 heavy (non-hydrogen) atoms. The maximum absolute atomic E-state index is 12.4. The first-order chi connectivity index (χ1) is 9.22. The first kappa shape index (κ1) is 13.1. The van der Waals surface area contributed by atoms with Crippen molar-refractivity contribution in [3.05, 3.63) is 64.7 Å². The number of hydrogen-bond acceptors (Lipinski definition) is 3. The lowest BCUT2D eigenvalue weighted by molar-refractivity contribution is 0.103. The smallest absolute Gasteiger partial charge is 0.195 e. The molecule has 0 fully saturated rings. The van der Waals surface area contributed by atoms with Gasteiger partial charge in [-0.3, -0.25) is 4.79 Å². The molecule has 0 saturated carbocycles. The van der Waals surface area contributed by atoms with Crippen LogP contribution in [0.15, 0.2) is 48.5 Å². The molecule has 0 spiro atoms. The zero-order valence-corrected chi connectivity index (χ0v) is 10.8. The molecule has 0 heterocycles. The van der Waals surface area contributed by atoms with Gasteiger partial charge in [0, 0.05) is 21.8 Å². The first-order valence-corrected chi connectivity index (χ1v) is 6.10. The van der Waals surface area contributed by atoms with Crippen LogP contribution in [-0.4, -0.2) is 12.3 Å². The van der Waals surface area contributed by atoms with E-state index in [0.717, 1.165) is 0 Å². The molecule has 0 aliphatic rings. The molecule has 0 amide bonds. The molecule has 4 heteroatoms. The second kappa shape index (κ2) is 6.03. The third kappa shape index (κ3) is 3.12. The van der Waals surface area contributed by atoms with Crippen LogP contribution in [0.4, 0.5) is 5.69 Å². The molecule has 3 nitrogen and oxygen atoms in total. The number of nitrogens with one attached hydrogen (secondary N) is 1. The Labute approximate surface area is 116 Å². The van der Waals surface area contributed by atoms with Crippen LogP contribution in [0.1, 0.15) is 15.9 Å². The van der Waals surface area contributed by atoms with Gasteiger partial charge in [0.15, 0.2) is 5.78 Å². The molecular formula is C15H11ClN2O. The van der Waals surface area contributed by atoms with Gasteiger partial charge >= 0.3 is 0 Å². The van der Waals surface area contributed by atoms with Crippen molar-refractivity contribution in [3.63, 3.8) is 0 Å². The molecule has 0 saturated heterocycles. The Hall–Kier alpha value is -2.31. The molecule has 0 unspecified atom stereocenters. The van der Waals surface area contributed by atoms with E-state index >= 15 is 0 Å². The van der Waals surface area contributed by atoms with Gasteiger partial charge in [0.1, 0.15) is 6.54 Å². The summed E-state index contributed by atoms with van der Waals surface area (Å²) in [6.07, 6.45) is 0. The molecule has 0 aliphatic heterocycles. The third-order valence-electron chi connectivity index (χ3n) is 2.62. The van der Waals surface area contributed by atoms with Gasteiger partial charge in [-0.15, -0.1) is 0 Å². The molecule has 0 bridgehead atoms. The van der Waals surface area contributed by atoms with E-state index in [9.17, 15) is 4.79 Å². The highest BCUT2D eigenvalue weighted by Gasteiger charge is 2.13. The summed E-state index contributed by atoms with van der Waals surface area (Å²) in [4.78, 5) is 12.4. The monoisotopic (exact) mass is 270 g/mol. The summed E-state index contributed by atoms with van der Waals surface area (Å²) < 4.78 is 0. The van der Waals surface area contributed by atoms with E-state index in [2.05, 4.69) is 5.32 Å². The largest absolute Gasteiger partial charge is 0.372 e. The molecule has 0 aromatic heterocycles. The molecule has 2 aromatic carbocycles. The maximum atomic E-state index is 12.4. The third-order valence-corrected chi connectivity index (χ3v) is 2.86. The Bertz CT molecular complexity index is 632. The highest BCUT2D eigenvalue weighted by molar-refractivity contribution is 6.31. The van der Waals surface area contributed by atoms with E-state index in [-0.39, 0.29) is 12.3 Å². The molecule has 0 aliphatic carbocycles. The van der Waals surface area contributed by atoms with Crippen molar-refractivity contribution in [1.82, 2.24) is 0 Å². The summed E-state index contributed by atoms with van der Waals surface area (Å²) in [5.41, 5.74) is 1.67. The van der Waals surface area contributed by atoms with Crippen LogP contribution in [0.5, 0.6) is 0 Å². The topological polar surface area (TPSA) is 52.9 Å². The lowest BCUT2D eigenvalue weighted by Crippen LogP contribution is -2.08. The summed E-state index contributed by atoms with van der Waals surface area (Å²) in [5.74, 6) is -0.122. The van der Waals surface area contributed by atoms with Crippen LogP contribution in [-0.2, 0) is 0 Å². The Morgan fingerprint density at radius 1 is 1.21 bits per heavy atom. The molecule has 0 radical (unpaired) electrons. The normalized spacial score (nSPS) is 9.68. The summed E-state index contributed by atoms with van der Waals surface area (Å²) in [7, 11) is 0. The quantitative estimate of drug-likeness (QED) is 0.683. The fraction of sp³-hybridized carbons (Fsp3) is 0.0667. The standard InChI is InChI=1S/C15H11ClN2O/c16-12-6-7-14(18-9-8-17)13(10-12)15(19)11-4-2-1-3-5-11/h1-7,10,18H,9H2. The summed E-state index contributed by atoms with van der Waals surface area (Å²) in [5, 5.41) is 12.0. The van der Waals surface area contributed by atoms with Crippen molar-refractivity contribution in [1.29, 1.82) is 5.26 Å². The zero-order chi connectivity index (χ0) is 13.7. The Kier molecular flexibility index (Phi) is 4.17. The minimum Gasteiger partial charge on any atom is -0.372 e. The van der Waals surface area contributed by atoms with E-state index in [1.807, 2.05) is 12.1 Å². The average Bonchev–Trinajstić information content (AvgIpc) is 2.46. The second-order valence-electron chi connectivity index (χ2n) is 3.90. The van der Waals surface area contributed by atoms with Gasteiger partial charge in [-0.05, 0) is 18.2 Å². The number of nitrogens with zero attached hydrogens (tertiary/aromatic N) is 1. The van der Waals surface area contributed by atoms with Crippen molar-refractivity contribution in [2.75, 3.05) is 11.9 Å². The lowest BCUT2D eigenvalue weighted by Gasteiger charge is -2.09. The highest BCUT2D eigenvalue weighted by Crippen LogP contribution is 2.23. The van der Waals surface area contributed by atoms with E-state index in [4.69, 9.17) is 16.9 Å².